The Kier molecular flexibility index (Phi) is 9.62. The maximum atomic E-state index is 14.1. The van der Waals surface area contributed by atoms with E-state index in [1.807, 2.05) is 0 Å². The van der Waals surface area contributed by atoms with Crippen LogP contribution in [0.25, 0.3) is 10.6 Å². The largest absolute Gasteiger partial charge is 0.389 e. The molecule has 3 rings (SSSR count). The molecule has 2 aromatic rings. The van der Waals surface area contributed by atoms with Crippen LogP contribution in [-0.4, -0.2) is 87.1 Å². The fraction of sp³-hybridized carbons (Fsp3) is 0.591. The van der Waals surface area contributed by atoms with Crippen molar-refractivity contribution in [3.05, 3.63) is 40.9 Å². The first-order chi connectivity index (χ1) is 15.7. The van der Waals surface area contributed by atoms with Gasteiger partial charge in [0, 0.05) is 30.1 Å². The molecule has 1 fully saturated rings. The van der Waals surface area contributed by atoms with Gasteiger partial charge in [0.05, 0.1) is 31.1 Å². The lowest BCUT2D eigenvalue weighted by Crippen LogP contribution is -2.43. The van der Waals surface area contributed by atoms with Gasteiger partial charge < -0.3 is 25.2 Å². The Hall–Kier alpha value is -1.60. The van der Waals surface area contributed by atoms with E-state index in [4.69, 9.17) is 4.74 Å². The third kappa shape index (κ3) is 7.71. The summed E-state index contributed by atoms with van der Waals surface area (Å²) in [6, 6.07) is 3.18. The molecule has 1 aliphatic heterocycles. The normalized spacial score (nSPS) is 25.2. The van der Waals surface area contributed by atoms with Crippen LogP contribution in [0, 0.1) is 11.6 Å². The van der Waals surface area contributed by atoms with E-state index < -0.39 is 42.2 Å². The first kappa shape index (κ1) is 26.0. The number of rotatable bonds is 10. The number of aliphatic hydroxyl groups is 4. The van der Waals surface area contributed by atoms with Gasteiger partial charge in [-0.15, -0.1) is 11.3 Å². The lowest BCUT2D eigenvalue weighted by Gasteiger charge is -2.23. The zero-order valence-corrected chi connectivity index (χ0v) is 18.8. The molecule has 5 atom stereocenters. The molecule has 1 saturated heterocycles. The molecule has 0 unspecified atom stereocenters. The molecule has 11 heteroatoms. The molecule has 1 aromatic carbocycles. The summed E-state index contributed by atoms with van der Waals surface area (Å²) in [5.74, 6) is -1.37. The third-order valence-electron chi connectivity index (χ3n) is 5.48. The van der Waals surface area contributed by atoms with E-state index in [2.05, 4.69) is 4.98 Å². The minimum atomic E-state index is -1.40. The van der Waals surface area contributed by atoms with Gasteiger partial charge in [0.15, 0.2) is 0 Å². The highest BCUT2D eigenvalue weighted by Crippen LogP contribution is 2.25. The van der Waals surface area contributed by atoms with E-state index in [0.717, 1.165) is 6.07 Å². The van der Waals surface area contributed by atoms with Gasteiger partial charge in [-0.2, -0.15) is 0 Å². The van der Waals surface area contributed by atoms with Crippen LogP contribution in [-0.2, 0) is 11.3 Å². The van der Waals surface area contributed by atoms with Crippen LogP contribution in [0.1, 0.15) is 25.0 Å². The summed E-state index contributed by atoms with van der Waals surface area (Å²) >= 11 is 1.22. The zero-order chi connectivity index (χ0) is 24.0. The van der Waals surface area contributed by atoms with Crippen molar-refractivity contribution in [3.63, 3.8) is 0 Å². The Labute approximate surface area is 194 Å². The molecule has 0 amide bonds. The van der Waals surface area contributed by atoms with Crippen LogP contribution in [0.15, 0.2) is 23.6 Å². The van der Waals surface area contributed by atoms with Crippen LogP contribution in [0.5, 0.6) is 0 Å². The first-order valence-corrected chi connectivity index (χ1v) is 11.7. The number of ether oxygens (including phenoxy) is 1. The maximum absolute atomic E-state index is 14.1. The predicted octanol–water partition coefficient (Wildman–Crippen LogP) is 1.87. The molecule has 7 nitrogen and oxygen atoms in total. The lowest BCUT2D eigenvalue weighted by atomic mass is 10.1. The quantitative estimate of drug-likeness (QED) is 0.377. The summed E-state index contributed by atoms with van der Waals surface area (Å²) < 4.78 is 46.2. The maximum Gasteiger partial charge on any atom is 0.126 e. The minimum Gasteiger partial charge on any atom is -0.389 e. The molecule has 0 saturated carbocycles. The van der Waals surface area contributed by atoms with Crippen LogP contribution >= 0.6 is 11.3 Å². The van der Waals surface area contributed by atoms with Gasteiger partial charge in [-0.25, -0.2) is 18.2 Å². The molecule has 0 spiro atoms. The Morgan fingerprint density at radius 1 is 1.03 bits per heavy atom. The van der Waals surface area contributed by atoms with Crippen molar-refractivity contribution in [3.8, 4) is 10.6 Å². The van der Waals surface area contributed by atoms with Gasteiger partial charge in [0.2, 0.25) is 0 Å². The summed E-state index contributed by atoms with van der Waals surface area (Å²) in [6.45, 7) is 0.706. The van der Waals surface area contributed by atoms with E-state index in [0.29, 0.717) is 35.7 Å². The third-order valence-corrected chi connectivity index (χ3v) is 6.42. The Morgan fingerprint density at radius 2 is 1.67 bits per heavy atom. The summed E-state index contributed by atoms with van der Waals surface area (Å²) in [4.78, 5) is 6.01. The Bertz CT molecular complexity index is 853. The van der Waals surface area contributed by atoms with E-state index in [9.17, 15) is 33.6 Å². The number of hydrogen-bond donors (Lipinski definition) is 4. The van der Waals surface area contributed by atoms with Crippen molar-refractivity contribution in [1.82, 2.24) is 9.88 Å². The summed E-state index contributed by atoms with van der Waals surface area (Å²) in [6.07, 6.45) is -4.85. The molecule has 184 valence electrons. The summed E-state index contributed by atoms with van der Waals surface area (Å²) in [5.41, 5.74) is 0.884. The fourth-order valence-corrected chi connectivity index (χ4v) is 4.51. The van der Waals surface area contributed by atoms with E-state index in [1.54, 1.807) is 10.3 Å². The number of hydrogen-bond acceptors (Lipinski definition) is 8. The number of thiazole rings is 1. The van der Waals surface area contributed by atoms with E-state index in [1.165, 1.54) is 23.5 Å². The van der Waals surface area contributed by atoms with E-state index in [-0.39, 0.29) is 32.7 Å². The highest BCUT2D eigenvalue weighted by atomic mass is 32.1. The van der Waals surface area contributed by atoms with Gasteiger partial charge in [-0.05, 0) is 37.9 Å². The number of alkyl halides is 1. The average Bonchev–Trinajstić information content (AvgIpc) is 3.20. The molecule has 1 aliphatic rings. The molecule has 0 radical (unpaired) electrons. The highest BCUT2D eigenvalue weighted by Gasteiger charge is 2.35. The van der Waals surface area contributed by atoms with Gasteiger partial charge in [-0.3, -0.25) is 4.90 Å². The number of unbranched alkanes of at least 4 members (excludes halogenated alkanes) is 1. The van der Waals surface area contributed by atoms with Gasteiger partial charge >= 0.3 is 0 Å². The molecule has 0 bridgehead atoms. The van der Waals surface area contributed by atoms with Crippen molar-refractivity contribution < 1.29 is 38.3 Å². The lowest BCUT2D eigenvalue weighted by molar-refractivity contribution is -0.0894. The number of halogens is 3. The molecule has 1 aromatic heterocycles. The van der Waals surface area contributed by atoms with Gasteiger partial charge in [0.1, 0.15) is 35.0 Å². The van der Waals surface area contributed by atoms with Crippen molar-refractivity contribution in [2.75, 3.05) is 26.2 Å². The SMILES string of the molecule is O[C@H]1[C@H](O)[C@@H](O)CN(CCCC[C@H](F)COCc2csc(-c3cc(F)cc(F)c3)n2)C[C@@H]1O. The molecular weight excluding hydrogens is 461 g/mol. The second kappa shape index (κ2) is 12.2. The number of benzene rings is 1. The molecule has 0 aliphatic carbocycles. The molecule has 2 heterocycles. The highest BCUT2D eigenvalue weighted by molar-refractivity contribution is 7.13. The van der Waals surface area contributed by atoms with Crippen molar-refractivity contribution in [2.45, 2.75) is 56.5 Å². The van der Waals surface area contributed by atoms with Gasteiger partial charge in [0.25, 0.3) is 0 Å². The van der Waals surface area contributed by atoms with Crippen molar-refractivity contribution in [2.24, 2.45) is 0 Å². The van der Waals surface area contributed by atoms with Gasteiger partial charge in [-0.1, -0.05) is 0 Å². The van der Waals surface area contributed by atoms with Crippen LogP contribution in [0.4, 0.5) is 13.2 Å². The number of aromatic nitrogens is 1. The van der Waals surface area contributed by atoms with Crippen LogP contribution in [0.3, 0.4) is 0 Å². The van der Waals surface area contributed by atoms with Crippen LogP contribution in [0.2, 0.25) is 0 Å². The van der Waals surface area contributed by atoms with Crippen LogP contribution < -0.4 is 0 Å². The summed E-state index contributed by atoms with van der Waals surface area (Å²) in [5, 5.41) is 41.3. The number of likely N-dealkylation sites (tertiary alicyclic amines) is 1. The van der Waals surface area contributed by atoms with E-state index >= 15 is 0 Å². The average molecular weight is 491 g/mol. The molecule has 4 N–H and O–H groups in total. The fourth-order valence-electron chi connectivity index (χ4n) is 3.72. The predicted molar refractivity (Wildman–Crippen MR) is 116 cm³/mol. The van der Waals surface area contributed by atoms with Crippen molar-refractivity contribution >= 4 is 11.3 Å². The smallest absolute Gasteiger partial charge is 0.126 e. The Morgan fingerprint density at radius 3 is 2.30 bits per heavy atom. The summed E-state index contributed by atoms with van der Waals surface area (Å²) in [7, 11) is 0. The zero-order valence-electron chi connectivity index (χ0n) is 18.0. The number of β-amino-alcohol motifs (C(OH)–C–C–N with tert-alkyl or cyclic N) is 2. The Balaban J connectivity index is 1.33. The topological polar surface area (TPSA) is 106 Å². The minimum absolute atomic E-state index is 0.0862. The monoisotopic (exact) mass is 490 g/mol. The second-order valence-electron chi connectivity index (χ2n) is 8.29. The standard InChI is InChI=1S/C22H29F3N2O5S/c23-14(3-1-2-4-27-8-18(28)20(30)21(31)19(29)9-27)10-32-11-17-12-33-22(26-17)13-5-15(24)7-16(25)6-13/h5-7,12,14,18-21,28-31H,1-4,8-11H2/t14-,18-,19-,20+,21+/m0/s1. The molecular formula is C22H29F3N2O5S. The first-order valence-electron chi connectivity index (χ1n) is 10.8. The number of nitrogens with zero attached hydrogens (tertiary/aromatic N) is 2. The number of aliphatic hydroxyl groups excluding tert-OH is 4. The second-order valence-corrected chi connectivity index (χ2v) is 9.14. The molecule has 33 heavy (non-hydrogen) atoms. The van der Waals surface area contributed by atoms with Crippen molar-refractivity contribution in [1.29, 1.82) is 0 Å².